The zero-order chi connectivity index (χ0) is 23.4. The van der Waals surface area contributed by atoms with E-state index in [0.29, 0.717) is 23.1 Å². The van der Waals surface area contributed by atoms with E-state index < -0.39 is 42.5 Å². The fourth-order valence-electron chi connectivity index (χ4n) is 4.11. The van der Waals surface area contributed by atoms with Gasteiger partial charge < -0.3 is 10.1 Å². The Balaban J connectivity index is 2.39. The number of rotatable bonds is 9. The molecule has 0 bridgehead atoms. The van der Waals surface area contributed by atoms with Crippen LogP contribution in [0.1, 0.15) is 61.7 Å². The maximum atomic E-state index is 14.0. The van der Waals surface area contributed by atoms with Gasteiger partial charge in [0.25, 0.3) is 0 Å². The van der Waals surface area contributed by atoms with E-state index in [-0.39, 0.29) is 11.4 Å². The molecule has 0 spiro atoms. The van der Waals surface area contributed by atoms with E-state index in [1.54, 1.807) is 20.8 Å². The molecule has 1 atom stereocenters. The summed E-state index contributed by atoms with van der Waals surface area (Å²) in [5, 5.41) is 10.8. The first-order chi connectivity index (χ1) is 14.3. The van der Waals surface area contributed by atoms with Gasteiger partial charge >= 0.3 is 6.18 Å². The van der Waals surface area contributed by atoms with E-state index in [9.17, 15) is 27.1 Å². The number of aliphatic hydroxyl groups is 1. The van der Waals surface area contributed by atoms with Crippen LogP contribution in [0.2, 0.25) is 0 Å². The molecule has 0 radical (unpaired) electrons. The van der Waals surface area contributed by atoms with E-state index in [4.69, 9.17) is 0 Å². The molecule has 0 aliphatic heterocycles. The van der Waals surface area contributed by atoms with Crippen LogP contribution in [-0.4, -0.2) is 21.9 Å². The highest BCUT2D eigenvalue weighted by atomic mass is 19.4. The third-order valence-electron chi connectivity index (χ3n) is 5.59. The number of nitrogens with one attached hydrogen (secondary N) is 1. The molecular formula is C24H30F5NO. The molecule has 2 aromatic rings. The number of H-pyrrole nitrogens is 1. The van der Waals surface area contributed by atoms with Crippen LogP contribution in [0, 0.1) is 12.7 Å². The molecule has 1 unspecified atom stereocenters. The van der Waals surface area contributed by atoms with E-state index in [1.807, 2.05) is 19.1 Å². The topological polar surface area (TPSA) is 36.0 Å². The lowest BCUT2D eigenvalue weighted by molar-refractivity contribution is -0.266. The van der Waals surface area contributed by atoms with Gasteiger partial charge in [-0.2, -0.15) is 13.2 Å². The second-order valence-electron chi connectivity index (χ2n) is 8.74. The summed E-state index contributed by atoms with van der Waals surface area (Å²) in [6.07, 6.45) is -1.45. The largest absolute Gasteiger partial charge is 0.417 e. The summed E-state index contributed by atoms with van der Waals surface area (Å²) in [5.41, 5.74) is -2.33. The monoisotopic (exact) mass is 443 g/mol. The SMILES string of the molecule is CC/C=C\Cc1cc(CC(O)(CC(C)(C)c2cc(F)ccc2C)C(F)(F)F)[nH]c1CF. The van der Waals surface area contributed by atoms with Crippen molar-refractivity contribution in [1.82, 2.24) is 4.98 Å². The van der Waals surface area contributed by atoms with Crippen LogP contribution in [0.25, 0.3) is 0 Å². The second-order valence-corrected chi connectivity index (χ2v) is 8.74. The highest BCUT2D eigenvalue weighted by Gasteiger charge is 2.56. The Bertz CT molecular complexity index is 913. The van der Waals surface area contributed by atoms with Crippen molar-refractivity contribution in [1.29, 1.82) is 0 Å². The lowest BCUT2D eigenvalue weighted by Gasteiger charge is -2.38. The zero-order valence-electron chi connectivity index (χ0n) is 18.3. The number of aromatic nitrogens is 1. The Hall–Kier alpha value is -2.15. The average molecular weight is 444 g/mol. The number of hydrogen-bond donors (Lipinski definition) is 2. The minimum absolute atomic E-state index is 0.110. The van der Waals surface area contributed by atoms with Crippen molar-refractivity contribution in [2.75, 3.05) is 0 Å². The number of aryl methyl sites for hydroxylation is 1. The molecular weight excluding hydrogens is 413 g/mol. The van der Waals surface area contributed by atoms with Gasteiger partial charge in [0.15, 0.2) is 5.60 Å². The van der Waals surface area contributed by atoms with Crippen LogP contribution < -0.4 is 0 Å². The van der Waals surface area contributed by atoms with Gasteiger partial charge in [0.1, 0.15) is 12.5 Å². The van der Waals surface area contributed by atoms with Crippen molar-refractivity contribution >= 4 is 0 Å². The van der Waals surface area contributed by atoms with Crippen LogP contribution in [0.15, 0.2) is 36.4 Å². The van der Waals surface area contributed by atoms with E-state index >= 15 is 0 Å². The summed E-state index contributed by atoms with van der Waals surface area (Å²) in [6.45, 7) is 5.90. The maximum Gasteiger partial charge on any atom is 0.417 e. The molecule has 0 fully saturated rings. The third-order valence-corrected chi connectivity index (χ3v) is 5.59. The minimum atomic E-state index is -4.94. The first-order valence-electron chi connectivity index (χ1n) is 10.3. The molecule has 0 saturated carbocycles. The van der Waals surface area contributed by atoms with E-state index in [1.165, 1.54) is 24.3 Å². The summed E-state index contributed by atoms with van der Waals surface area (Å²) in [5.74, 6) is -0.550. The van der Waals surface area contributed by atoms with Gasteiger partial charge in [0.05, 0.1) is 5.69 Å². The molecule has 0 aliphatic rings. The minimum Gasteiger partial charge on any atom is -0.380 e. The lowest BCUT2D eigenvalue weighted by atomic mass is 9.72. The molecule has 0 aliphatic carbocycles. The molecule has 2 N–H and O–H groups in total. The van der Waals surface area contributed by atoms with Crippen molar-refractivity contribution in [3.05, 3.63) is 70.3 Å². The van der Waals surface area contributed by atoms with Crippen LogP contribution >= 0.6 is 0 Å². The van der Waals surface area contributed by atoms with E-state index in [0.717, 1.165) is 6.42 Å². The van der Waals surface area contributed by atoms with Gasteiger partial charge in [-0.05, 0) is 66.5 Å². The average Bonchev–Trinajstić information content (AvgIpc) is 3.03. The van der Waals surface area contributed by atoms with Gasteiger partial charge in [0.2, 0.25) is 0 Å². The van der Waals surface area contributed by atoms with Crippen molar-refractivity contribution in [2.24, 2.45) is 0 Å². The Morgan fingerprint density at radius 1 is 1.10 bits per heavy atom. The summed E-state index contributed by atoms with van der Waals surface area (Å²) < 4.78 is 69.2. The van der Waals surface area contributed by atoms with Crippen molar-refractivity contribution < 1.29 is 27.1 Å². The third kappa shape index (κ3) is 5.97. The van der Waals surface area contributed by atoms with E-state index in [2.05, 4.69) is 4.98 Å². The standard InChI is InChI=1S/C24H30F5NO/c1-5-6-7-8-17-11-19(30-21(17)14-25)13-23(31,24(27,28)29)15-22(3,4)20-12-18(26)10-9-16(20)2/h6-7,9-12,30-31H,5,8,13-15H2,1-4H3/b7-6-. The quantitative estimate of drug-likeness (QED) is 0.331. The predicted octanol–water partition coefficient (Wildman–Crippen LogP) is 6.64. The predicted molar refractivity (Wildman–Crippen MR) is 112 cm³/mol. The molecule has 7 heteroatoms. The maximum absolute atomic E-state index is 14.0. The summed E-state index contributed by atoms with van der Waals surface area (Å²) in [6, 6.07) is 5.44. The highest BCUT2D eigenvalue weighted by molar-refractivity contribution is 5.34. The molecule has 1 aromatic carbocycles. The molecule has 31 heavy (non-hydrogen) atoms. The Kier molecular flexibility index (Phi) is 7.74. The summed E-state index contributed by atoms with van der Waals surface area (Å²) >= 11 is 0. The van der Waals surface area contributed by atoms with Crippen LogP contribution in [0.5, 0.6) is 0 Å². The van der Waals surface area contributed by atoms with Crippen LogP contribution in [-0.2, 0) is 24.9 Å². The molecule has 1 heterocycles. The van der Waals surface area contributed by atoms with Crippen LogP contribution in [0.4, 0.5) is 22.0 Å². The fraction of sp³-hybridized carbons (Fsp3) is 0.500. The Morgan fingerprint density at radius 3 is 2.35 bits per heavy atom. The summed E-state index contributed by atoms with van der Waals surface area (Å²) in [7, 11) is 0. The fourth-order valence-corrected chi connectivity index (χ4v) is 4.11. The second kappa shape index (κ2) is 9.55. The normalized spacial score (nSPS) is 14.9. The first kappa shape index (κ1) is 25.1. The Morgan fingerprint density at radius 2 is 1.77 bits per heavy atom. The molecule has 2 nitrogen and oxygen atoms in total. The van der Waals surface area contributed by atoms with Gasteiger partial charge in [-0.25, -0.2) is 8.78 Å². The van der Waals surface area contributed by atoms with Crippen LogP contribution in [0.3, 0.4) is 0 Å². The molecule has 0 saturated heterocycles. The number of benzene rings is 1. The van der Waals surface area contributed by atoms with Crippen molar-refractivity contribution in [2.45, 2.75) is 77.2 Å². The van der Waals surface area contributed by atoms with Crippen molar-refractivity contribution in [3.63, 3.8) is 0 Å². The molecule has 1 aromatic heterocycles. The molecule has 0 amide bonds. The lowest BCUT2D eigenvalue weighted by Crippen LogP contribution is -2.51. The molecule has 2 rings (SSSR count). The van der Waals surface area contributed by atoms with Gasteiger partial charge in [0, 0.05) is 12.1 Å². The van der Waals surface area contributed by atoms with Gasteiger partial charge in [-0.1, -0.05) is 39.0 Å². The first-order valence-corrected chi connectivity index (χ1v) is 10.3. The highest BCUT2D eigenvalue weighted by Crippen LogP contribution is 2.43. The Labute approximate surface area is 180 Å². The van der Waals surface area contributed by atoms with Gasteiger partial charge in [-0.3, -0.25) is 0 Å². The number of aromatic amines is 1. The molecule has 172 valence electrons. The van der Waals surface area contributed by atoms with Gasteiger partial charge in [-0.15, -0.1) is 0 Å². The summed E-state index contributed by atoms with van der Waals surface area (Å²) in [4.78, 5) is 2.70. The zero-order valence-corrected chi connectivity index (χ0v) is 18.3. The number of alkyl halides is 4. The van der Waals surface area contributed by atoms with Crippen molar-refractivity contribution in [3.8, 4) is 0 Å². The number of hydrogen-bond acceptors (Lipinski definition) is 1. The number of allylic oxidation sites excluding steroid dienone is 2. The smallest absolute Gasteiger partial charge is 0.380 e. The number of halogens is 5.